The van der Waals surface area contributed by atoms with Gasteiger partial charge in [0.15, 0.2) is 5.79 Å². The molecule has 2 aliphatic heterocycles. The van der Waals surface area contributed by atoms with Crippen molar-refractivity contribution < 1.29 is 14.2 Å². The first kappa shape index (κ1) is 15.7. The summed E-state index contributed by atoms with van der Waals surface area (Å²) in [6.07, 6.45) is 5.90. The fraction of sp³-hybridized carbons (Fsp3) is 1.00. The van der Waals surface area contributed by atoms with Gasteiger partial charge >= 0.3 is 0 Å². The molecule has 1 aliphatic carbocycles. The Morgan fingerprint density at radius 2 is 2.00 bits per heavy atom. The Morgan fingerprint density at radius 3 is 2.67 bits per heavy atom. The van der Waals surface area contributed by atoms with Crippen LogP contribution in [0.5, 0.6) is 0 Å². The van der Waals surface area contributed by atoms with Gasteiger partial charge in [-0.05, 0) is 32.9 Å². The van der Waals surface area contributed by atoms with Crippen molar-refractivity contribution in [2.45, 2.75) is 63.0 Å². The molecule has 1 N–H and O–H groups in total. The number of rotatable bonds is 5. The van der Waals surface area contributed by atoms with Gasteiger partial charge in [-0.25, -0.2) is 0 Å². The first-order valence-corrected chi connectivity index (χ1v) is 8.55. The molecule has 0 amide bonds. The number of hydrogen-bond donors (Lipinski definition) is 1. The average Bonchev–Trinajstić information content (AvgIpc) is 3.14. The summed E-state index contributed by atoms with van der Waals surface area (Å²) in [5.74, 6) is -0.318. The van der Waals surface area contributed by atoms with Crippen LogP contribution in [0.4, 0.5) is 0 Å². The molecule has 2 saturated heterocycles. The molecule has 0 radical (unpaired) electrons. The Balaban J connectivity index is 1.64. The second-order valence-electron chi connectivity index (χ2n) is 6.66. The van der Waals surface area contributed by atoms with E-state index in [1.807, 2.05) is 0 Å². The van der Waals surface area contributed by atoms with E-state index in [0.29, 0.717) is 18.2 Å². The molecule has 3 atom stereocenters. The molecule has 3 unspecified atom stereocenters. The average molecular weight is 298 g/mol. The summed E-state index contributed by atoms with van der Waals surface area (Å²) in [4.78, 5) is 2.47. The zero-order valence-electron chi connectivity index (χ0n) is 13.5. The Morgan fingerprint density at radius 1 is 1.19 bits per heavy atom. The van der Waals surface area contributed by atoms with E-state index in [1.165, 1.54) is 12.8 Å². The van der Waals surface area contributed by atoms with E-state index in [-0.39, 0.29) is 5.79 Å². The minimum absolute atomic E-state index is 0.318. The third kappa shape index (κ3) is 3.59. The highest BCUT2D eigenvalue weighted by molar-refractivity contribution is 4.96. The van der Waals surface area contributed by atoms with Gasteiger partial charge in [0.05, 0.1) is 19.3 Å². The van der Waals surface area contributed by atoms with Crippen LogP contribution in [0.2, 0.25) is 0 Å². The van der Waals surface area contributed by atoms with Crippen molar-refractivity contribution in [2.75, 3.05) is 40.0 Å². The van der Waals surface area contributed by atoms with Crippen molar-refractivity contribution in [3.8, 4) is 0 Å². The van der Waals surface area contributed by atoms with E-state index >= 15 is 0 Å². The monoisotopic (exact) mass is 298 g/mol. The van der Waals surface area contributed by atoms with Gasteiger partial charge in [-0.3, -0.25) is 4.90 Å². The van der Waals surface area contributed by atoms with Crippen LogP contribution >= 0.6 is 0 Å². The highest BCUT2D eigenvalue weighted by Crippen LogP contribution is 2.37. The van der Waals surface area contributed by atoms with E-state index in [1.54, 1.807) is 0 Å². The highest BCUT2D eigenvalue weighted by atomic mass is 16.7. The lowest BCUT2D eigenvalue weighted by molar-refractivity contribution is -0.193. The molecule has 122 valence electrons. The van der Waals surface area contributed by atoms with Crippen LogP contribution < -0.4 is 5.32 Å². The summed E-state index contributed by atoms with van der Waals surface area (Å²) < 4.78 is 17.7. The second kappa shape index (κ2) is 6.92. The minimum atomic E-state index is -0.318. The van der Waals surface area contributed by atoms with Gasteiger partial charge in [-0.2, -0.15) is 0 Å². The second-order valence-corrected chi connectivity index (χ2v) is 6.66. The van der Waals surface area contributed by atoms with Crippen LogP contribution in [0.3, 0.4) is 0 Å². The Labute approximate surface area is 128 Å². The van der Waals surface area contributed by atoms with Crippen molar-refractivity contribution in [1.82, 2.24) is 10.2 Å². The van der Waals surface area contributed by atoms with E-state index in [2.05, 4.69) is 24.2 Å². The van der Waals surface area contributed by atoms with Crippen LogP contribution in [0.25, 0.3) is 0 Å². The largest absolute Gasteiger partial charge is 0.377 e. The maximum Gasteiger partial charge on any atom is 0.170 e. The molecule has 2 heterocycles. The van der Waals surface area contributed by atoms with E-state index in [4.69, 9.17) is 14.2 Å². The first-order chi connectivity index (χ1) is 10.2. The molecule has 3 fully saturated rings. The fourth-order valence-electron chi connectivity index (χ4n) is 4.10. The smallest absolute Gasteiger partial charge is 0.170 e. The van der Waals surface area contributed by atoms with Crippen molar-refractivity contribution in [2.24, 2.45) is 0 Å². The van der Waals surface area contributed by atoms with E-state index in [0.717, 1.165) is 52.2 Å². The lowest BCUT2D eigenvalue weighted by atomic mass is 9.84. The number of likely N-dealkylation sites (N-methyl/N-ethyl adjacent to an activating group) is 2. The molecule has 3 rings (SSSR count). The van der Waals surface area contributed by atoms with Crippen molar-refractivity contribution in [1.29, 1.82) is 0 Å². The molecule has 1 spiro atoms. The number of nitrogens with one attached hydrogen (secondary N) is 1. The summed E-state index contributed by atoms with van der Waals surface area (Å²) in [5.41, 5.74) is 0. The van der Waals surface area contributed by atoms with Gasteiger partial charge in [-0.1, -0.05) is 6.92 Å². The molecular weight excluding hydrogens is 268 g/mol. The molecular formula is C16H30N2O3. The zero-order chi connectivity index (χ0) is 14.7. The molecule has 1 saturated carbocycles. The summed E-state index contributed by atoms with van der Waals surface area (Å²) >= 11 is 0. The number of nitrogens with zero attached hydrogens (tertiary/aromatic N) is 1. The van der Waals surface area contributed by atoms with Crippen molar-refractivity contribution >= 4 is 0 Å². The first-order valence-electron chi connectivity index (χ1n) is 8.55. The van der Waals surface area contributed by atoms with Crippen LogP contribution in [0, 0.1) is 0 Å². The van der Waals surface area contributed by atoms with Crippen LogP contribution in [0.15, 0.2) is 0 Å². The Bertz CT molecular complexity index is 327. The number of ether oxygens (including phenoxy) is 3. The summed E-state index contributed by atoms with van der Waals surface area (Å²) in [7, 11) is 2.23. The predicted octanol–water partition coefficient (Wildman–Crippen LogP) is 1.37. The maximum atomic E-state index is 5.95. The third-order valence-electron chi connectivity index (χ3n) is 5.18. The van der Waals surface area contributed by atoms with E-state index in [9.17, 15) is 0 Å². The normalized spacial score (nSPS) is 35.9. The molecule has 0 aromatic rings. The van der Waals surface area contributed by atoms with Gasteiger partial charge in [0.25, 0.3) is 0 Å². The van der Waals surface area contributed by atoms with Crippen molar-refractivity contribution in [3.63, 3.8) is 0 Å². The fourth-order valence-corrected chi connectivity index (χ4v) is 4.10. The zero-order valence-corrected chi connectivity index (χ0v) is 13.5. The highest BCUT2D eigenvalue weighted by Gasteiger charge is 2.46. The Kier molecular flexibility index (Phi) is 5.17. The molecule has 0 bridgehead atoms. The standard InChI is InChI=1S/C16H30N2O3/c1-3-17-14-6-7-16(20-9-10-21-16)11-15(14)18(2)12-13-5-4-8-19-13/h13-15,17H,3-12H2,1-2H3. The molecule has 21 heavy (non-hydrogen) atoms. The summed E-state index contributed by atoms with van der Waals surface area (Å²) in [5, 5.41) is 3.65. The topological polar surface area (TPSA) is 43.0 Å². The van der Waals surface area contributed by atoms with Gasteiger partial charge in [0.2, 0.25) is 0 Å². The molecule has 5 heteroatoms. The van der Waals surface area contributed by atoms with Gasteiger partial charge in [-0.15, -0.1) is 0 Å². The van der Waals surface area contributed by atoms with Crippen molar-refractivity contribution in [3.05, 3.63) is 0 Å². The van der Waals surface area contributed by atoms with Gasteiger partial charge in [0.1, 0.15) is 0 Å². The molecule has 0 aromatic carbocycles. The molecule has 0 aromatic heterocycles. The SMILES string of the molecule is CCNC1CCC2(CC1N(C)CC1CCCO1)OCCO2. The quantitative estimate of drug-likeness (QED) is 0.830. The van der Waals surface area contributed by atoms with Crippen LogP contribution in [-0.4, -0.2) is 68.8 Å². The number of hydrogen-bond acceptors (Lipinski definition) is 5. The maximum absolute atomic E-state index is 5.95. The lowest BCUT2D eigenvalue weighted by Gasteiger charge is -2.45. The molecule has 3 aliphatic rings. The van der Waals surface area contributed by atoms with Crippen LogP contribution in [0.1, 0.15) is 39.0 Å². The molecule has 5 nitrogen and oxygen atoms in total. The third-order valence-corrected chi connectivity index (χ3v) is 5.18. The predicted molar refractivity (Wildman–Crippen MR) is 81.3 cm³/mol. The summed E-state index contributed by atoms with van der Waals surface area (Å²) in [6.45, 7) is 6.63. The van der Waals surface area contributed by atoms with Gasteiger partial charge < -0.3 is 19.5 Å². The lowest BCUT2D eigenvalue weighted by Crippen LogP contribution is -2.57. The minimum Gasteiger partial charge on any atom is -0.377 e. The van der Waals surface area contributed by atoms with Gasteiger partial charge in [0, 0.05) is 38.1 Å². The van der Waals surface area contributed by atoms with Crippen LogP contribution in [-0.2, 0) is 14.2 Å². The Hall–Kier alpha value is -0.200. The van der Waals surface area contributed by atoms with E-state index < -0.39 is 0 Å². The summed E-state index contributed by atoms with van der Waals surface area (Å²) in [6, 6.07) is 0.987.